The van der Waals surface area contributed by atoms with Crippen molar-refractivity contribution < 1.29 is 4.79 Å². The zero-order valence-corrected chi connectivity index (χ0v) is 14.2. The van der Waals surface area contributed by atoms with Crippen LogP contribution in [0.4, 0.5) is 11.5 Å². The lowest BCUT2D eigenvalue weighted by Gasteiger charge is -2.12. The van der Waals surface area contributed by atoms with Crippen molar-refractivity contribution in [3.63, 3.8) is 0 Å². The van der Waals surface area contributed by atoms with Crippen molar-refractivity contribution in [1.29, 1.82) is 0 Å². The predicted molar refractivity (Wildman–Crippen MR) is 93.2 cm³/mol. The van der Waals surface area contributed by atoms with Gasteiger partial charge in [-0.05, 0) is 38.7 Å². The number of carbonyl (C=O) groups excluding carboxylic acids is 1. The fraction of sp³-hybridized carbons (Fsp3) is 0.312. The molecule has 6 nitrogen and oxygen atoms in total. The molecule has 0 aliphatic heterocycles. The van der Waals surface area contributed by atoms with Crippen LogP contribution in [0.1, 0.15) is 16.1 Å². The first-order valence-corrected chi connectivity index (χ1v) is 7.62. The Bertz CT molecular complexity index is 690. The third-order valence-electron chi connectivity index (χ3n) is 3.28. The Kier molecular flexibility index (Phi) is 5.90. The molecule has 0 radical (unpaired) electrons. The zero-order chi connectivity index (χ0) is 16.8. The Hall–Kier alpha value is -2.18. The minimum Gasteiger partial charge on any atom is -0.369 e. The first-order chi connectivity index (χ1) is 11.0. The van der Waals surface area contributed by atoms with E-state index in [4.69, 9.17) is 11.6 Å². The second-order valence-corrected chi connectivity index (χ2v) is 5.79. The number of amides is 1. The highest BCUT2D eigenvalue weighted by atomic mass is 35.5. The van der Waals surface area contributed by atoms with E-state index in [0.29, 0.717) is 22.2 Å². The number of hydrogen-bond acceptors (Lipinski definition) is 5. The normalized spacial score (nSPS) is 10.7. The summed E-state index contributed by atoms with van der Waals surface area (Å²) in [6.07, 6.45) is 1.37. The Morgan fingerprint density at radius 3 is 2.83 bits per heavy atom. The highest BCUT2D eigenvalue weighted by Crippen LogP contribution is 2.23. The molecule has 0 fully saturated rings. The van der Waals surface area contributed by atoms with Crippen LogP contribution in [-0.4, -0.2) is 48.0 Å². The monoisotopic (exact) mass is 333 g/mol. The van der Waals surface area contributed by atoms with Crippen molar-refractivity contribution in [2.75, 3.05) is 37.8 Å². The van der Waals surface area contributed by atoms with E-state index in [1.165, 1.54) is 6.33 Å². The SMILES string of the molecule is Cc1c(Cl)cccc1NC(=O)c1cc(NCCN(C)C)ncn1. The van der Waals surface area contributed by atoms with Crippen LogP contribution in [0.5, 0.6) is 0 Å². The number of anilines is 2. The molecule has 0 saturated carbocycles. The van der Waals surface area contributed by atoms with E-state index in [1.807, 2.05) is 21.0 Å². The van der Waals surface area contributed by atoms with Crippen LogP contribution < -0.4 is 10.6 Å². The average Bonchev–Trinajstić information content (AvgIpc) is 2.52. The molecule has 2 rings (SSSR count). The number of likely N-dealkylation sites (N-methyl/N-ethyl adjacent to an activating group) is 1. The minimum absolute atomic E-state index is 0.298. The van der Waals surface area contributed by atoms with Crippen LogP contribution in [0.3, 0.4) is 0 Å². The van der Waals surface area contributed by atoms with Crippen molar-refractivity contribution in [3.8, 4) is 0 Å². The maximum Gasteiger partial charge on any atom is 0.274 e. The number of halogens is 1. The van der Waals surface area contributed by atoms with Gasteiger partial charge in [0, 0.05) is 29.9 Å². The van der Waals surface area contributed by atoms with Gasteiger partial charge >= 0.3 is 0 Å². The summed E-state index contributed by atoms with van der Waals surface area (Å²) < 4.78 is 0. The third-order valence-corrected chi connectivity index (χ3v) is 3.69. The summed E-state index contributed by atoms with van der Waals surface area (Å²) in [7, 11) is 3.99. The van der Waals surface area contributed by atoms with Crippen LogP contribution >= 0.6 is 11.6 Å². The molecule has 2 aromatic rings. The van der Waals surface area contributed by atoms with E-state index in [9.17, 15) is 4.79 Å². The quantitative estimate of drug-likeness (QED) is 0.850. The van der Waals surface area contributed by atoms with E-state index < -0.39 is 0 Å². The van der Waals surface area contributed by atoms with E-state index in [-0.39, 0.29) is 5.91 Å². The number of hydrogen-bond donors (Lipinski definition) is 2. The zero-order valence-electron chi connectivity index (χ0n) is 13.4. The summed E-state index contributed by atoms with van der Waals surface area (Å²) >= 11 is 6.06. The average molecular weight is 334 g/mol. The van der Waals surface area contributed by atoms with Gasteiger partial charge in [0.1, 0.15) is 17.8 Å². The molecule has 1 heterocycles. The van der Waals surface area contributed by atoms with Crippen molar-refractivity contribution in [2.24, 2.45) is 0 Å². The fourth-order valence-electron chi connectivity index (χ4n) is 1.91. The van der Waals surface area contributed by atoms with E-state index in [0.717, 1.165) is 18.7 Å². The molecule has 1 aromatic heterocycles. The summed E-state index contributed by atoms with van der Waals surface area (Å²) in [5, 5.41) is 6.59. The Labute approximate surface area is 140 Å². The molecular weight excluding hydrogens is 314 g/mol. The van der Waals surface area contributed by atoms with Crippen LogP contribution in [-0.2, 0) is 0 Å². The Morgan fingerprint density at radius 1 is 1.30 bits per heavy atom. The van der Waals surface area contributed by atoms with Gasteiger partial charge in [0.15, 0.2) is 0 Å². The molecule has 1 aromatic carbocycles. The third kappa shape index (κ3) is 4.91. The van der Waals surface area contributed by atoms with Crippen molar-refractivity contribution in [2.45, 2.75) is 6.92 Å². The van der Waals surface area contributed by atoms with Gasteiger partial charge in [-0.15, -0.1) is 0 Å². The molecule has 0 saturated heterocycles. The first-order valence-electron chi connectivity index (χ1n) is 7.24. The molecule has 2 N–H and O–H groups in total. The molecule has 0 spiro atoms. The number of aromatic nitrogens is 2. The maximum absolute atomic E-state index is 12.3. The van der Waals surface area contributed by atoms with Gasteiger partial charge in [-0.2, -0.15) is 0 Å². The molecule has 0 aliphatic rings. The number of benzene rings is 1. The number of nitrogens with one attached hydrogen (secondary N) is 2. The second-order valence-electron chi connectivity index (χ2n) is 5.39. The summed E-state index contributed by atoms with van der Waals surface area (Å²) in [5.74, 6) is 0.322. The summed E-state index contributed by atoms with van der Waals surface area (Å²) in [6.45, 7) is 3.46. The van der Waals surface area contributed by atoms with Gasteiger partial charge in [-0.3, -0.25) is 4.79 Å². The van der Waals surface area contributed by atoms with Crippen LogP contribution in [0.2, 0.25) is 5.02 Å². The molecule has 23 heavy (non-hydrogen) atoms. The molecule has 0 aliphatic carbocycles. The fourth-order valence-corrected chi connectivity index (χ4v) is 2.09. The van der Waals surface area contributed by atoms with Gasteiger partial charge in [0.2, 0.25) is 0 Å². The molecule has 0 unspecified atom stereocenters. The molecule has 0 atom stereocenters. The van der Waals surface area contributed by atoms with Crippen LogP contribution in [0.25, 0.3) is 0 Å². The van der Waals surface area contributed by atoms with Gasteiger partial charge < -0.3 is 15.5 Å². The molecule has 1 amide bonds. The van der Waals surface area contributed by atoms with Crippen LogP contribution in [0, 0.1) is 6.92 Å². The Balaban J connectivity index is 2.06. The molecular formula is C16H20ClN5O. The largest absolute Gasteiger partial charge is 0.369 e. The smallest absolute Gasteiger partial charge is 0.274 e. The topological polar surface area (TPSA) is 70.2 Å². The predicted octanol–water partition coefficient (Wildman–Crippen LogP) is 2.66. The van der Waals surface area contributed by atoms with Crippen molar-refractivity contribution >= 4 is 29.0 Å². The van der Waals surface area contributed by atoms with Crippen LogP contribution in [0.15, 0.2) is 30.6 Å². The standard InChI is InChI=1S/C16H20ClN5O/c1-11-12(17)5-4-6-13(11)21-16(23)14-9-15(20-10-19-14)18-7-8-22(2)3/h4-6,9-10H,7-8H2,1-3H3,(H,21,23)(H,18,19,20). The summed E-state index contributed by atoms with van der Waals surface area (Å²) in [5.41, 5.74) is 1.79. The maximum atomic E-state index is 12.3. The highest BCUT2D eigenvalue weighted by Gasteiger charge is 2.11. The van der Waals surface area contributed by atoms with E-state index >= 15 is 0 Å². The van der Waals surface area contributed by atoms with Gasteiger partial charge in [-0.25, -0.2) is 9.97 Å². The second kappa shape index (κ2) is 7.89. The molecule has 0 bridgehead atoms. The lowest BCUT2D eigenvalue weighted by Crippen LogP contribution is -2.21. The molecule has 122 valence electrons. The van der Waals surface area contributed by atoms with E-state index in [1.54, 1.807) is 24.3 Å². The van der Waals surface area contributed by atoms with Gasteiger partial charge in [0.05, 0.1) is 0 Å². The summed E-state index contributed by atoms with van der Waals surface area (Å²) in [6, 6.07) is 7.00. The highest BCUT2D eigenvalue weighted by molar-refractivity contribution is 6.31. The lowest BCUT2D eigenvalue weighted by molar-refractivity contribution is 0.102. The lowest BCUT2D eigenvalue weighted by atomic mass is 10.2. The number of carbonyl (C=O) groups is 1. The summed E-state index contributed by atoms with van der Waals surface area (Å²) in [4.78, 5) is 22.5. The number of rotatable bonds is 6. The molecule has 7 heteroatoms. The van der Waals surface area contributed by atoms with Gasteiger partial charge in [0.25, 0.3) is 5.91 Å². The van der Waals surface area contributed by atoms with Crippen molar-refractivity contribution in [1.82, 2.24) is 14.9 Å². The Morgan fingerprint density at radius 2 is 2.09 bits per heavy atom. The minimum atomic E-state index is -0.298. The number of nitrogens with zero attached hydrogens (tertiary/aromatic N) is 3. The van der Waals surface area contributed by atoms with Gasteiger partial charge in [-0.1, -0.05) is 17.7 Å². The first kappa shape index (κ1) is 17.2. The van der Waals surface area contributed by atoms with Crippen molar-refractivity contribution in [3.05, 3.63) is 46.9 Å². The van der Waals surface area contributed by atoms with E-state index in [2.05, 4.69) is 25.5 Å².